The molecule has 1 aliphatic rings. The van der Waals surface area contributed by atoms with Gasteiger partial charge in [-0.05, 0) is 54.5 Å². The summed E-state index contributed by atoms with van der Waals surface area (Å²) in [7, 11) is 0. The van der Waals surface area contributed by atoms with E-state index in [1.807, 2.05) is 19.1 Å². The summed E-state index contributed by atoms with van der Waals surface area (Å²) in [6, 6.07) is 14.8. The number of aryl methyl sites for hydroxylation is 1. The molecule has 1 aliphatic heterocycles. The highest BCUT2D eigenvalue weighted by molar-refractivity contribution is 6.31. The fraction of sp³-hybridized carbons (Fsp3) is 0.360. The number of halogens is 1. The third-order valence-electron chi connectivity index (χ3n) is 4.75. The molecule has 2 nitrogen and oxygen atoms in total. The summed E-state index contributed by atoms with van der Waals surface area (Å²) in [5.41, 5.74) is 4.81. The molecule has 3 heteroatoms. The van der Waals surface area contributed by atoms with E-state index in [2.05, 4.69) is 63.3 Å². The number of rotatable bonds is 4. The van der Waals surface area contributed by atoms with Crippen molar-refractivity contribution in [1.82, 2.24) is 0 Å². The van der Waals surface area contributed by atoms with Crippen molar-refractivity contribution in [3.63, 3.8) is 0 Å². The van der Waals surface area contributed by atoms with E-state index >= 15 is 0 Å². The summed E-state index contributed by atoms with van der Waals surface area (Å²) in [6.45, 7) is 10.2. The summed E-state index contributed by atoms with van der Waals surface area (Å²) in [5, 5.41) is 10.8. The van der Waals surface area contributed by atoms with E-state index in [9.17, 15) is 5.11 Å². The largest absolute Gasteiger partial charge is 0.393 e. The molecule has 150 valence electrons. The molecule has 3 atom stereocenters. The molecule has 1 saturated heterocycles. The molecule has 2 aromatic rings. The molecule has 28 heavy (non-hydrogen) atoms. The van der Waals surface area contributed by atoms with Crippen molar-refractivity contribution in [2.75, 3.05) is 0 Å². The SMILES string of the molecule is C#C.C=C.CCc1ccc(Cc2cc(C3C[C@@H](O)C[C@@H](C)O3)ccc2Cl)cc1. The number of benzene rings is 2. The maximum absolute atomic E-state index is 10.0. The first-order chi connectivity index (χ1) is 13.5. The third kappa shape index (κ3) is 6.84. The molecule has 0 aromatic heterocycles. The molecule has 1 fully saturated rings. The Kier molecular flexibility index (Phi) is 10.6. The Morgan fingerprint density at radius 3 is 2.25 bits per heavy atom. The molecule has 0 saturated carbocycles. The quantitative estimate of drug-likeness (QED) is 0.494. The van der Waals surface area contributed by atoms with Gasteiger partial charge in [0, 0.05) is 11.4 Å². The standard InChI is InChI=1S/C21H25ClO2.C2H4.C2H2/c1-3-15-4-6-16(7-5-15)11-18-12-17(8-9-20(18)22)21-13-19(23)10-14(2)24-21;2*1-2/h4-9,12,14,19,21,23H,3,10-11,13H2,1-2H3;1-2H2;1-2H/t14-,19+,21?;;/m1../s1. The highest BCUT2D eigenvalue weighted by Crippen LogP contribution is 2.33. The normalized spacial score (nSPS) is 20.9. The number of terminal acetylenes is 1. The van der Waals surface area contributed by atoms with Crippen LogP contribution in [-0.2, 0) is 17.6 Å². The summed E-state index contributed by atoms with van der Waals surface area (Å²) >= 11 is 6.41. The van der Waals surface area contributed by atoms with Crippen molar-refractivity contribution in [1.29, 1.82) is 0 Å². The number of aliphatic hydroxyl groups is 1. The minimum absolute atomic E-state index is 0.0535. The molecule has 0 aliphatic carbocycles. The lowest BCUT2D eigenvalue weighted by Crippen LogP contribution is -2.29. The lowest BCUT2D eigenvalue weighted by Gasteiger charge is -2.31. The Balaban J connectivity index is 0.000000921. The Hall–Kier alpha value is -2.05. The van der Waals surface area contributed by atoms with Crippen LogP contribution in [0.5, 0.6) is 0 Å². The Bertz CT molecular complexity index is 726. The van der Waals surface area contributed by atoms with E-state index in [0.717, 1.165) is 29.0 Å². The summed E-state index contributed by atoms with van der Waals surface area (Å²) < 4.78 is 6.02. The zero-order valence-electron chi connectivity index (χ0n) is 16.9. The highest BCUT2D eigenvalue weighted by Gasteiger charge is 2.27. The van der Waals surface area contributed by atoms with Crippen molar-refractivity contribution < 1.29 is 9.84 Å². The van der Waals surface area contributed by atoms with Crippen LogP contribution in [0, 0.1) is 12.8 Å². The fourth-order valence-corrected chi connectivity index (χ4v) is 3.56. The molecule has 0 radical (unpaired) electrons. The summed E-state index contributed by atoms with van der Waals surface area (Å²) in [4.78, 5) is 0. The van der Waals surface area contributed by atoms with Gasteiger partial charge in [0.25, 0.3) is 0 Å². The number of aliphatic hydroxyl groups excluding tert-OH is 1. The maximum atomic E-state index is 10.0. The molecular formula is C25H31ClO2. The van der Waals surface area contributed by atoms with E-state index in [4.69, 9.17) is 16.3 Å². The van der Waals surface area contributed by atoms with Gasteiger partial charge in [-0.1, -0.05) is 54.9 Å². The number of ether oxygens (including phenoxy) is 1. The first-order valence-corrected chi connectivity index (χ1v) is 9.96. The Morgan fingerprint density at radius 2 is 1.68 bits per heavy atom. The van der Waals surface area contributed by atoms with E-state index in [1.165, 1.54) is 11.1 Å². The fourth-order valence-electron chi connectivity index (χ4n) is 3.38. The number of hydrogen-bond donors (Lipinski definition) is 1. The second-order valence-corrected chi connectivity index (χ2v) is 7.17. The van der Waals surface area contributed by atoms with Gasteiger partial charge in [0.05, 0.1) is 18.3 Å². The van der Waals surface area contributed by atoms with Crippen LogP contribution in [0.2, 0.25) is 5.02 Å². The van der Waals surface area contributed by atoms with Crippen LogP contribution >= 0.6 is 11.6 Å². The van der Waals surface area contributed by atoms with Crippen molar-refractivity contribution in [3.8, 4) is 12.8 Å². The Labute approximate surface area is 175 Å². The van der Waals surface area contributed by atoms with Gasteiger partial charge in [0.2, 0.25) is 0 Å². The van der Waals surface area contributed by atoms with Crippen LogP contribution < -0.4 is 0 Å². The van der Waals surface area contributed by atoms with Gasteiger partial charge in [-0.2, -0.15) is 0 Å². The minimum Gasteiger partial charge on any atom is -0.393 e. The monoisotopic (exact) mass is 398 g/mol. The molecule has 0 spiro atoms. The second kappa shape index (κ2) is 12.4. The zero-order valence-corrected chi connectivity index (χ0v) is 17.7. The average molecular weight is 399 g/mol. The van der Waals surface area contributed by atoms with Crippen molar-refractivity contribution in [2.24, 2.45) is 0 Å². The predicted octanol–water partition coefficient (Wildman–Crippen LogP) is 6.15. The number of hydrogen-bond acceptors (Lipinski definition) is 2. The molecule has 1 N–H and O–H groups in total. The van der Waals surface area contributed by atoms with Gasteiger partial charge in [0.15, 0.2) is 0 Å². The molecule has 1 heterocycles. The maximum Gasteiger partial charge on any atom is 0.0853 e. The van der Waals surface area contributed by atoms with Crippen LogP contribution in [0.3, 0.4) is 0 Å². The molecular weight excluding hydrogens is 368 g/mol. The zero-order chi connectivity index (χ0) is 21.1. The van der Waals surface area contributed by atoms with Gasteiger partial charge in [-0.3, -0.25) is 0 Å². The van der Waals surface area contributed by atoms with Crippen molar-refractivity contribution >= 4 is 11.6 Å². The van der Waals surface area contributed by atoms with Crippen LogP contribution in [0.4, 0.5) is 0 Å². The lowest BCUT2D eigenvalue weighted by molar-refractivity contribution is -0.0895. The molecule has 3 rings (SSSR count). The molecule has 0 bridgehead atoms. The van der Waals surface area contributed by atoms with Crippen LogP contribution in [0.25, 0.3) is 0 Å². The first-order valence-electron chi connectivity index (χ1n) is 9.58. The lowest BCUT2D eigenvalue weighted by atomic mass is 9.94. The molecule has 2 aromatic carbocycles. The molecule has 0 amide bonds. The van der Waals surface area contributed by atoms with E-state index in [-0.39, 0.29) is 18.3 Å². The smallest absolute Gasteiger partial charge is 0.0853 e. The van der Waals surface area contributed by atoms with Gasteiger partial charge in [-0.25, -0.2) is 0 Å². The average Bonchev–Trinajstić information content (AvgIpc) is 2.72. The van der Waals surface area contributed by atoms with Crippen molar-refractivity contribution in [3.05, 3.63) is 82.9 Å². The first kappa shape index (κ1) is 24.0. The van der Waals surface area contributed by atoms with Crippen LogP contribution in [-0.4, -0.2) is 17.3 Å². The van der Waals surface area contributed by atoms with Gasteiger partial charge >= 0.3 is 0 Å². The van der Waals surface area contributed by atoms with Crippen LogP contribution in [0.1, 0.15) is 55.0 Å². The minimum atomic E-state index is -0.292. The van der Waals surface area contributed by atoms with E-state index in [0.29, 0.717) is 12.8 Å². The van der Waals surface area contributed by atoms with E-state index < -0.39 is 0 Å². The van der Waals surface area contributed by atoms with Gasteiger partial charge < -0.3 is 9.84 Å². The highest BCUT2D eigenvalue weighted by atomic mass is 35.5. The van der Waals surface area contributed by atoms with Gasteiger partial charge in [-0.15, -0.1) is 26.0 Å². The summed E-state index contributed by atoms with van der Waals surface area (Å²) in [5.74, 6) is 0. The topological polar surface area (TPSA) is 29.5 Å². The second-order valence-electron chi connectivity index (χ2n) is 6.76. The predicted molar refractivity (Wildman–Crippen MR) is 120 cm³/mol. The van der Waals surface area contributed by atoms with Crippen molar-refractivity contribution in [2.45, 2.75) is 57.8 Å². The molecule has 1 unspecified atom stereocenters. The van der Waals surface area contributed by atoms with Crippen LogP contribution in [0.15, 0.2) is 55.6 Å². The summed E-state index contributed by atoms with van der Waals surface area (Å²) in [6.07, 6.45) is 11.0. The third-order valence-corrected chi connectivity index (χ3v) is 5.12. The van der Waals surface area contributed by atoms with Gasteiger partial charge in [0.1, 0.15) is 0 Å². The van der Waals surface area contributed by atoms with E-state index in [1.54, 1.807) is 0 Å². The Morgan fingerprint density at radius 1 is 1.07 bits per heavy atom.